The van der Waals surface area contributed by atoms with E-state index in [4.69, 9.17) is 17.0 Å². The molecule has 2 N–H and O–H groups in total. The number of aromatic nitrogens is 2. The molecule has 1 aliphatic rings. The van der Waals surface area contributed by atoms with Gasteiger partial charge in [-0.2, -0.15) is 0 Å². The number of anilines is 2. The molecule has 0 amide bonds. The molecular weight excluding hydrogens is 482 g/mol. The summed E-state index contributed by atoms with van der Waals surface area (Å²) in [5.41, 5.74) is 5.54. The van der Waals surface area contributed by atoms with E-state index in [1.807, 2.05) is 24.3 Å². The predicted octanol–water partition coefficient (Wildman–Crippen LogP) is 4.64. The minimum atomic E-state index is -3.46. The average molecular weight is 514 g/mol. The van der Waals surface area contributed by atoms with Crippen molar-refractivity contribution in [2.24, 2.45) is 0 Å². The zero-order valence-electron chi connectivity index (χ0n) is 20.7. The number of aryl methyl sites for hydroxylation is 1. The molecule has 0 bridgehead atoms. The second-order valence-corrected chi connectivity index (χ2v) is 11.2. The monoisotopic (exact) mass is 513 g/mol. The van der Waals surface area contributed by atoms with Crippen LogP contribution in [0, 0.1) is 13.8 Å². The number of ether oxygens (including phenoxy) is 1. The highest BCUT2D eigenvalue weighted by atomic mass is 32.2. The lowest BCUT2D eigenvalue weighted by Gasteiger charge is -2.29. The van der Waals surface area contributed by atoms with Crippen molar-refractivity contribution in [3.8, 4) is 5.75 Å². The maximum Gasteiger partial charge on any atom is 0.229 e. The van der Waals surface area contributed by atoms with Crippen molar-refractivity contribution in [2.75, 3.05) is 23.0 Å². The quantitative estimate of drug-likeness (QED) is 0.445. The van der Waals surface area contributed by atoms with Gasteiger partial charge in [0.2, 0.25) is 10.0 Å². The summed E-state index contributed by atoms with van der Waals surface area (Å²) in [5, 5.41) is 4.04. The van der Waals surface area contributed by atoms with Gasteiger partial charge >= 0.3 is 0 Å². The maximum atomic E-state index is 11.8. The molecule has 0 saturated carbocycles. The van der Waals surface area contributed by atoms with Gasteiger partial charge in [0, 0.05) is 35.4 Å². The topological polar surface area (TPSA) is 88.5 Å². The summed E-state index contributed by atoms with van der Waals surface area (Å²) < 4.78 is 34.0. The molecule has 0 radical (unpaired) electrons. The third-order valence-corrected chi connectivity index (χ3v) is 7.12. The fraction of sp³-hybridized carbons (Fsp3) is 0.360. The Balaban J connectivity index is 1.87. The summed E-state index contributed by atoms with van der Waals surface area (Å²) in [5.74, 6) is 0.406. The number of pyridine rings is 1. The average Bonchev–Trinajstić information content (AvgIpc) is 3.28. The van der Waals surface area contributed by atoms with E-state index in [1.165, 1.54) is 18.5 Å². The third-order valence-electron chi connectivity index (χ3n) is 6.22. The molecule has 1 fully saturated rings. The molecule has 0 unspecified atom stereocenters. The van der Waals surface area contributed by atoms with Crippen LogP contribution >= 0.6 is 12.2 Å². The fourth-order valence-corrected chi connectivity index (χ4v) is 5.87. The molecule has 2 atom stereocenters. The molecule has 8 nitrogen and oxygen atoms in total. The number of thiocarbonyl (C=S) groups is 1. The number of methoxy groups -OCH3 is 1. The van der Waals surface area contributed by atoms with Gasteiger partial charge in [0.15, 0.2) is 5.11 Å². The van der Waals surface area contributed by atoms with Crippen molar-refractivity contribution in [1.82, 2.24) is 14.9 Å². The summed E-state index contributed by atoms with van der Waals surface area (Å²) in [7, 11) is -1.95. The minimum absolute atomic E-state index is 0.172. The van der Waals surface area contributed by atoms with Crippen LogP contribution in [0.3, 0.4) is 0 Å². The van der Waals surface area contributed by atoms with Gasteiger partial charge in [-0.1, -0.05) is 6.07 Å². The van der Waals surface area contributed by atoms with Gasteiger partial charge in [-0.05, 0) is 75.8 Å². The van der Waals surface area contributed by atoms with Gasteiger partial charge in [-0.15, -0.1) is 0 Å². The van der Waals surface area contributed by atoms with Crippen LogP contribution in [0.25, 0.3) is 0 Å². The van der Waals surface area contributed by atoms with E-state index in [9.17, 15) is 8.42 Å². The van der Waals surface area contributed by atoms with E-state index < -0.39 is 10.0 Å². The van der Waals surface area contributed by atoms with E-state index in [2.05, 4.69) is 58.3 Å². The minimum Gasteiger partial charge on any atom is -0.494 e. The Morgan fingerprint density at radius 3 is 2.49 bits per heavy atom. The molecule has 35 heavy (non-hydrogen) atoms. The largest absolute Gasteiger partial charge is 0.494 e. The van der Waals surface area contributed by atoms with Crippen LogP contribution in [0.15, 0.2) is 48.7 Å². The van der Waals surface area contributed by atoms with Crippen molar-refractivity contribution >= 4 is 38.7 Å². The smallest absolute Gasteiger partial charge is 0.229 e. The van der Waals surface area contributed by atoms with Gasteiger partial charge in [-0.25, -0.2) is 8.42 Å². The first-order valence-corrected chi connectivity index (χ1v) is 13.7. The second-order valence-electron chi connectivity index (χ2n) is 9.05. The van der Waals surface area contributed by atoms with Crippen molar-refractivity contribution in [3.05, 3.63) is 71.3 Å². The van der Waals surface area contributed by atoms with Crippen LogP contribution in [0.2, 0.25) is 0 Å². The van der Waals surface area contributed by atoms with Crippen LogP contribution in [0.4, 0.5) is 11.4 Å². The Morgan fingerprint density at radius 2 is 1.91 bits per heavy atom. The van der Waals surface area contributed by atoms with Crippen molar-refractivity contribution in [2.45, 2.75) is 45.8 Å². The number of nitrogens with one attached hydrogen (secondary N) is 2. The van der Waals surface area contributed by atoms with Gasteiger partial charge in [0.1, 0.15) is 5.75 Å². The van der Waals surface area contributed by atoms with Gasteiger partial charge < -0.3 is 19.5 Å². The van der Waals surface area contributed by atoms with Crippen LogP contribution in [-0.4, -0.2) is 36.4 Å². The Bertz CT molecular complexity index is 1350. The SMILES string of the molecule is COc1cc(N2C(=S)N[C@@H](c3ccccn3)[C@@H]2c2cc(C)n(C(C)C)c2C)ccc1NS(C)(=O)=O. The predicted molar refractivity (Wildman–Crippen MR) is 144 cm³/mol. The van der Waals surface area contributed by atoms with Crippen molar-refractivity contribution in [1.29, 1.82) is 0 Å². The summed E-state index contributed by atoms with van der Waals surface area (Å²) in [6, 6.07) is 13.4. The Labute approximate surface area is 212 Å². The van der Waals surface area contributed by atoms with Gasteiger partial charge in [0.05, 0.1) is 36.8 Å². The number of rotatable bonds is 7. The Morgan fingerprint density at radius 1 is 1.17 bits per heavy atom. The molecule has 4 rings (SSSR count). The number of benzene rings is 1. The highest BCUT2D eigenvalue weighted by molar-refractivity contribution is 7.92. The molecule has 1 aliphatic heterocycles. The molecule has 1 aromatic carbocycles. The highest BCUT2D eigenvalue weighted by Gasteiger charge is 2.42. The Kier molecular flexibility index (Phi) is 6.79. The molecule has 3 heterocycles. The fourth-order valence-electron chi connectivity index (χ4n) is 4.96. The van der Waals surface area contributed by atoms with E-state index in [1.54, 1.807) is 18.3 Å². The zero-order chi connectivity index (χ0) is 25.5. The number of hydrogen-bond acceptors (Lipinski definition) is 5. The summed E-state index contributed by atoms with van der Waals surface area (Å²) >= 11 is 5.84. The van der Waals surface area contributed by atoms with E-state index in [-0.39, 0.29) is 12.1 Å². The molecule has 2 aromatic heterocycles. The van der Waals surface area contributed by atoms with E-state index >= 15 is 0 Å². The lowest BCUT2D eigenvalue weighted by molar-refractivity contribution is 0.417. The molecule has 10 heteroatoms. The van der Waals surface area contributed by atoms with Gasteiger partial charge in [-0.3, -0.25) is 9.71 Å². The summed E-state index contributed by atoms with van der Waals surface area (Å²) in [6.07, 6.45) is 2.89. The number of nitrogens with zero attached hydrogens (tertiary/aromatic N) is 3. The van der Waals surface area contributed by atoms with Crippen molar-refractivity contribution < 1.29 is 13.2 Å². The molecule has 0 spiro atoms. The normalized spacial score (nSPS) is 18.1. The van der Waals surface area contributed by atoms with E-state index in [0.717, 1.165) is 23.2 Å². The Hall–Kier alpha value is -3.11. The van der Waals surface area contributed by atoms with Crippen LogP contribution in [0.5, 0.6) is 5.75 Å². The molecule has 186 valence electrons. The maximum absolute atomic E-state index is 11.8. The second kappa shape index (κ2) is 9.50. The summed E-state index contributed by atoms with van der Waals surface area (Å²) in [6.45, 7) is 8.60. The first-order chi connectivity index (χ1) is 16.5. The van der Waals surface area contributed by atoms with Gasteiger partial charge in [0.25, 0.3) is 0 Å². The number of sulfonamides is 1. The van der Waals surface area contributed by atoms with Crippen LogP contribution < -0.4 is 19.7 Å². The zero-order valence-corrected chi connectivity index (χ0v) is 22.4. The van der Waals surface area contributed by atoms with Crippen molar-refractivity contribution in [3.63, 3.8) is 0 Å². The highest BCUT2D eigenvalue weighted by Crippen LogP contribution is 2.45. The van der Waals surface area contributed by atoms with Crippen LogP contribution in [0.1, 0.15) is 54.6 Å². The molecule has 1 saturated heterocycles. The summed E-state index contributed by atoms with van der Waals surface area (Å²) in [4.78, 5) is 6.69. The number of hydrogen-bond donors (Lipinski definition) is 2. The molecular formula is C25H31N5O3S2. The molecule has 3 aromatic rings. The first-order valence-electron chi connectivity index (χ1n) is 11.4. The lowest BCUT2D eigenvalue weighted by Crippen LogP contribution is -2.29. The van der Waals surface area contributed by atoms with E-state index in [0.29, 0.717) is 22.6 Å². The van der Waals surface area contributed by atoms with Crippen LogP contribution in [-0.2, 0) is 10.0 Å². The standard InChI is InChI=1S/C25H31N5O3S2/c1-15(2)29-16(3)13-19(17(29)4)24-23(21-9-7-8-12-26-21)27-25(34)30(24)18-10-11-20(22(14-18)33-5)28-35(6,31)32/h7-15,23-24,28H,1-6H3,(H,27,34)/t23-,24-/m0/s1. The molecule has 0 aliphatic carbocycles. The first kappa shape index (κ1) is 25.0. The lowest BCUT2D eigenvalue weighted by atomic mass is 9.96. The third kappa shape index (κ3) is 4.85.